The topological polar surface area (TPSA) is 24.9 Å². The van der Waals surface area contributed by atoms with Crippen LogP contribution in [0.1, 0.15) is 31.7 Å². The number of pyridine rings is 1. The van der Waals surface area contributed by atoms with E-state index in [9.17, 15) is 0 Å². The van der Waals surface area contributed by atoms with Crippen LogP contribution in [0.25, 0.3) is 0 Å². The molecule has 1 aromatic heterocycles. The third-order valence-corrected chi connectivity index (χ3v) is 3.33. The van der Waals surface area contributed by atoms with E-state index in [2.05, 4.69) is 23.3 Å². The summed E-state index contributed by atoms with van der Waals surface area (Å²) in [4.78, 5) is 4.14. The molecule has 15 heavy (non-hydrogen) atoms. The number of halogens is 1. The second-order valence-electron chi connectivity index (χ2n) is 4.61. The number of aromatic nitrogens is 1. The van der Waals surface area contributed by atoms with Crippen LogP contribution in [0.2, 0.25) is 5.15 Å². The molecule has 0 aromatic carbocycles. The van der Waals surface area contributed by atoms with Gasteiger partial charge in [0.25, 0.3) is 0 Å². The van der Waals surface area contributed by atoms with Gasteiger partial charge in [-0.25, -0.2) is 4.98 Å². The molecule has 1 aliphatic rings. The van der Waals surface area contributed by atoms with Crippen LogP contribution in [0.4, 0.5) is 5.69 Å². The van der Waals surface area contributed by atoms with Crippen molar-refractivity contribution in [3.05, 3.63) is 23.0 Å². The number of rotatable bonds is 2. The van der Waals surface area contributed by atoms with E-state index in [1.807, 2.05) is 6.92 Å². The van der Waals surface area contributed by atoms with Crippen molar-refractivity contribution < 1.29 is 0 Å². The monoisotopic (exact) mass is 224 g/mol. The summed E-state index contributed by atoms with van der Waals surface area (Å²) in [5, 5.41) is 4.07. The molecule has 0 saturated heterocycles. The Kier molecular flexibility index (Phi) is 3.15. The van der Waals surface area contributed by atoms with Gasteiger partial charge in [0.1, 0.15) is 0 Å². The molecule has 2 atom stereocenters. The van der Waals surface area contributed by atoms with E-state index in [1.165, 1.54) is 19.3 Å². The lowest BCUT2D eigenvalue weighted by molar-refractivity contribution is 0.602. The predicted octanol–water partition coefficient (Wildman–Crippen LogP) is 3.64. The van der Waals surface area contributed by atoms with Gasteiger partial charge >= 0.3 is 0 Å². The molecule has 1 aromatic rings. The van der Waals surface area contributed by atoms with E-state index >= 15 is 0 Å². The molecular formula is C12H17ClN2. The second-order valence-corrected chi connectivity index (χ2v) is 4.97. The van der Waals surface area contributed by atoms with E-state index in [4.69, 9.17) is 11.6 Å². The third-order valence-electron chi connectivity index (χ3n) is 3.03. The molecule has 2 rings (SSSR count). The van der Waals surface area contributed by atoms with Crippen molar-refractivity contribution in [2.75, 3.05) is 5.32 Å². The fourth-order valence-corrected chi connectivity index (χ4v) is 2.37. The number of nitrogens with one attached hydrogen (secondary N) is 1. The molecule has 3 heteroatoms. The molecule has 0 spiro atoms. The van der Waals surface area contributed by atoms with Crippen molar-refractivity contribution in [2.24, 2.45) is 5.92 Å². The first-order chi connectivity index (χ1) is 7.15. The van der Waals surface area contributed by atoms with Crippen LogP contribution in [0.5, 0.6) is 0 Å². The summed E-state index contributed by atoms with van der Waals surface area (Å²) in [6.45, 7) is 4.34. The second kappa shape index (κ2) is 4.40. The van der Waals surface area contributed by atoms with E-state index in [0.717, 1.165) is 17.2 Å². The van der Waals surface area contributed by atoms with Gasteiger partial charge in [-0.05, 0) is 43.7 Å². The Labute approximate surface area is 96.1 Å². The van der Waals surface area contributed by atoms with Crippen molar-refractivity contribution in [1.29, 1.82) is 0 Å². The lowest BCUT2D eigenvalue weighted by Gasteiger charge is -2.15. The van der Waals surface area contributed by atoms with Gasteiger partial charge in [0.2, 0.25) is 0 Å². The Morgan fingerprint density at radius 3 is 2.93 bits per heavy atom. The maximum absolute atomic E-state index is 6.04. The highest BCUT2D eigenvalue weighted by Gasteiger charge is 2.21. The van der Waals surface area contributed by atoms with Crippen LogP contribution in [0.3, 0.4) is 0 Å². The lowest BCUT2D eigenvalue weighted by atomic mass is 10.1. The van der Waals surface area contributed by atoms with Crippen molar-refractivity contribution in [3.8, 4) is 0 Å². The van der Waals surface area contributed by atoms with Crippen LogP contribution in [0.15, 0.2) is 12.3 Å². The van der Waals surface area contributed by atoms with E-state index < -0.39 is 0 Å². The van der Waals surface area contributed by atoms with Gasteiger partial charge in [-0.1, -0.05) is 18.5 Å². The summed E-state index contributed by atoms with van der Waals surface area (Å²) in [5.74, 6) is 0.832. The first-order valence-electron chi connectivity index (χ1n) is 5.54. The van der Waals surface area contributed by atoms with Crippen molar-refractivity contribution in [2.45, 2.75) is 39.2 Å². The highest BCUT2D eigenvalue weighted by Crippen LogP contribution is 2.29. The third kappa shape index (κ3) is 2.63. The van der Waals surface area contributed by atoms with Gasteiger partial charge in [-0.15, -0.1) is 0 Å². The molecule has 0 aliphatic heterocycles. The van der Waals surface area contributed by atoms with E-state index in [0.29, 0.717) is 11.2 Å². The predicted molar refractivity (Wildman–Crippen MR) is 64.4 cm³/mol. The summed E-state index contributed by atoms with van der Waals surface area (Å²) in [6, 6.07) is 2.64. The summed E-state index contributed by atoms with van der Waals surface area (Å²) in [6.07, 6.45) is 5.59. The average molecular weight is 225 g/mol. The Morgan fingerprint density at radius 1 is 1.47 bits per heavy atom. The lowest BCUT2D eigenvalue weighted by Crippen LogP contribution is -2.15. The minimum atomic E-state index is 0.570. The van der Waals surface area contributed by atoms with Crippen molar-refractivity contribution in [3.63, 3.8) is 0 Å². The van der Waals surface area contributed by atoms with Crippen molar-refractivity contribution >= 4 is 17.3 Å². The largest absolute Gasteiger partial charge is 0.380 e. The molecule has 1 N–H and O–H groups in total. The smallest absolute Gasteiger partial charge is 0.152 e. The zero-order valence-electron chi connectivity index (χ0n) is 9.26. The van der Waals surface area contributed by atoms with E-state index in [-0.39, 0.29) is 0 Å². The number of aryl methyl sites for hydroxylation is 1. The Balaban J connectivity index is 2.07. The highest BCUT2D eigenvalue weighted by molar-refractivity contribution is 6.31. The summed E-state index contributed by atoms with van der Waals surface area (Å²) < 4.78 is 0. The molecule has 1 fully saturated rings. The summed E-state index contributed by atoms with van der Waals surface area (Å²) in [5.41, 5.74) is 2.13. The number of hydrogen-bond donors (Lipinski definition) is 1. The molecule has 2 nitrogen and oxygen atoms in total. The highest BCUT2D eigenvalue weighted by atomic mass is 35.5. The van der Waals surface area contributed by atoms with Gasteiger partial charge in [0.05, 0.1) is 5.69 Å². The molecule has 1 saturated carbocycles. The molecule has 2 unspecified atom stereocenters. The fraction of sp³-hybridized carbons (Fsp3) is 0.583. The molecular weight excluding hydrogens is 208 g/mol. The van der Waals surface area contributed by atoms with Gasteiger partial charge in [0.15, 0.2) is 5.15 Å². The van der Waals surface area contributed by atoms with Gasteiger partial charge < -0.3 is 5.32 Å². The molecule has 1 heterocycles. The Hall–Kier alpha value is -0.760. The minimum Gasteiger partial charge on any atom is -0.380 e. The number of anilines is 1. The quantitative estimate of drug-likeness (QED) is 0.776. The van der Waals surface area contributed by atoms with Crippen LogP contribution in [-0.4, -0.2) is 11.0 Å². The molecule has 0 radical (unpaired) electrons. The summed E-state index contributed by atoms with van der Waals surface area (Å²) in [7, 11) is 0. The zero-order valence-corrected chi connectivity index (χ0v) is 10.0. The number of nitrogens with zero attached hydrogens (tertiary/aromatic N) is 1. The standard InChI is InChI=1S/C12H17ClN2/c1-8-3-4-10(5-8)15-11-6-9(2)7-14-12(11)13/h6-8,10,15H,3-5H2,1-2H3. The SMILES string of the molecule is Cc1cnc(Cl)c(NC2CCC(C)C2)c1. The van der Waals surface area contributed by atoms with Crippen LogP contribution in [0, 0.1) is 12.8 Å². The van der Waals surface area contributed by atoms with E-state index in [1.54, 1.807) is 6.20 Å². The summed E-state index contributed by atoms with van der Waals surface area (Å²) >= 11 is 6.04. The normalized spacial score (nSPS) is 25.5. The molecule has 0 bridgehead atoms. The maximum Gasteiger partial charge on any atom is 0.152 e. The van der Waals surface area contributed by atoms with Crippen LogP contribution >= 0.6 is 11.6 Å². The molecule has 1 aliphatic carbocycles. The Bertz CT molecular complexity index is 351. The maximum atomic E-state index is 6.04. The zero-order chi connectivity index (χ0) is 10.8. The minimum absolute atomic E-state index is 0.570. The van der Waals surface area contributed by atoms with Crippen LogP contribution < -0.4 is 5.32 Å². The Morgan fingerprint density at radius 2 is 2.27 bits per heavy atom. The van der Waals surface area contributed by atoms with Crippen LogP contribution in [-0.2, 0) is 0 Å². The molecule has 0 amide bonds. The van der Waals surface area contributed by atoms with Gasteiger partial charge in [-0.3, -0.25) is 0 Å². The molecule has 82 valence electrons. The van der Waals surface area contributed by atoms with Gasteiger partial charge in [0, 0.05) is 12.2 Å². The first-order valence-corrected chi connectivity index (χ1v) is 5.91. The number of hydrogen-bond acceptors (Lipinski definition) is 2. The first kappa shape index (κ1) is 10.7. The van der Waals surface area contributed by atoms with Crippen molar-refractivity contribution in [1.82, 2.24) is 4.98 Å². The fourth-order valence-electron chi connectivity index (χ4n) is 2.21. The average Bonchev–Trinajstić information content (AvgIpc) is 2.58. The van der Waals surface area contributed by atoms with Gasteiger partial charge in [-0.2, -0.15) is 0 Å².